The van der Waals surface area contributed by atoms with Gasteiger partial charge in [0.2, 0.25) is 0 Å². The number of nitrogens with zero attached hydrogens (tertiary/aromatic N) is 1. The standard InChI is InChI=1S/C13H16N2O2S/c1-9-8-18-13(15-9)7-14-11-6-10(16-2)4-5-12(11)17-3/h4-6,8,14H,7H2,1-3H3. The van der Waals surface area contributed by atoms with E-state index < -0.39 is 0 Å². The van der Waals surface area contributed by atoms with Gasteiger partial charge in [-0.25, -0.2) is 4.98 Å². The summed E-state index contributed by atoms with van der Waals surface area (Å²) in [4.78, 5) is 4.41. The lowest BCUT2D eigenvalue weighted by atomic mass is 10.2. The largest absolute Gasteiger partial charge is 0.497 e. The van der Waals surface area contributed by atoms with Crippen molar-refractivity contribution in [1.82, 2.24) is 4.98 Å². The Morgan fingerprint density at radius 2 is 2.11 bits per heavy atom. The number of thiazole rings is 1. The second-order valence-corrected chi connectivity index (χ2v) is 4.75. The molecule has 1 N–H and O–H groups in total. The van der Waals surface area contributed by atoms with Crippen LogP contribution < -0.4 is 14.8 Å². The van der Waals surface area contributed by atoms with E-state index in [0.717, 1.165) is 27.9 Å². The number of hydrogen-bond donors (Lipinski definition) is 1. The number of aryl methyl sites for hydroxylation is 1. The minimum absolute atomic E-state index is 0.683. The van der Waals surface area contributed by atoms with Gasteiger partial charge in [0, 0.05) is 17.1 Å². The van der Waals surface area contributed by atoms with Crippen LogP contribution in [-0.4, -0.2) is 19.2 Å². The highest BCUT2D eigenvalue weighted by Gasteiger charge is 2.05. The first-order valence-corrected chi connectivity index (χ1v) is 6.48. The fraction of sp³-hybridized carbons (Fsp3) is 0.308. The first kappa shape index (κ1) is 12.7. The van der Waals surface area contributed by atoms with Gasteiger partial charge in [0.1, 0.15) is 16.5 Å². The van der Waals surface area contributed by atoms with E-state index in [-0.39, 0.29) is 0 Å². The summed E-state index contributed by atoms with van der Waals surface area (Å²) in [5.41, 5.74) is 1.96. The molecule has 1 aromatic carbocycles. The first-order valence-electron chi connectivity index (χ1n) is 5.60. The molecule has 0 aliphatic heterocycles. The molecule has 2 rings (SSSR count). The molecule has 0 fully saturated rings. The highest BCUT2D eigenvalue weighted by molar-refractivity contribution is 7.09. The van der Waals surface area contributed by atoms with Gasteiger partial charge >= 0.3 is 0 Å². The maximum atomic E-state index is 5.30. The lowest BCUT2D eigenvalue weighted by Crippen LogP contribution is -2.01. The second-order valence-electron chi connectivity index (χ2n) is 3.80. The molecule has 18 heavy (non-hydrogen) atoms. The van der Waals surface area contributed by atoms with Crippen molar-refractivity contribution in [3.63, 3.8) is 0 Å². The summed E-state index contributed by atoms with van der Waals surface area (Å²) in [5.74, 6) is 1.60. The molecule has 0 saturated heterocycles. The summed E-state index contributed by atoms with van der Waals surface area (Å²) in [5, 5.41) is 6.41. The molecule has 0 spiro atoms. The Bertz CT molecular complexity index is 525. The van der Waals surface area contributed by atoms with Gasteiger partial charge in [0.05, 0.1) is 26.5 Å². The van der Waals surface area contributed by atoms with E-state index in [2.05, 4.69) is 10.3 Å². The number of hydrogen-bond acceptors (Lipinski definition) is 5. The molecular formula is C13H16N2O2S. The summed E-state index contributed by atoms with van der Waals surface area (Å²) < 4.78 is 10.5. The summed E-state index contributed by atoms with van der Waals surface area (Å²) in [6, 6.07) is 5.67. The van der Waals surface area contributed by atoms with Crippen molar-refractivity contribution in [2.24, 2.45) is 0 Å². The Morgan fingerprint density at radius 1 is 1.28 bits per heavy atom. The van der Waals surface area contributed by atoms with E-state index in [1.165, 1.54) is 0 Å². The number of nitrogens with one attached hydrogen (secondary N) is 1. The van der Waals surface area contributed by atoms with Crippen molar-refractivity contribution in [3.05, 3.63) is 34.3 Å². The van der Waals surface area contributed by atoms with Crippen LogP contribution in [0, 0.1) is 6.92 Å². The smallest absolute Gasteiger partial charge is 0.142 e. The van der Waals surface area contributed by atoms with Gasteiger partial charge in [0.25, 0.3) is 0 Å². The lowest BCUT2D eigenvalue weighted by Gasteiger charge is -2.11. The highest BCUT2D eigenvalue weighted by Crippen LogP contribution is 2.29. The van der Waals surface area contributed by atoms with Crippen LogP contribution in [0.15, 0.2) is 23.6 Å². The number of anilines is 1. The van der Waals surface area contributed by atoms with Gasteiger partial charge in [-0.2, -0.15) is 0 Å². The van der Waals surface area contributed by atoms with E-state index >= 15 is 0 Å². The average molecular weight is 264 g/mol. The molecule has 4 nitrogen and oxygen atoms in total. The molecule has 96 valence electrons. The van der Waals surface area contributed by atoms with Gasteiger partial charge in [-0.1, -0.05) is 0 Å². The quantitative estimate of drug-likeness (QED) is 0.901. The molecule has 0 amide bonds. The highest BCUT2D eigenvalue weighted by atomic mass is 32.1. The van der Waals surface area contributed by atoms with E-state index in [1.54, 1.807) is 25.6 Å². The molecule has 0 atom stereocenters. The fourth-order valence-electron chi connectivity index (χ4n) is 1.61. The van der Waals surface area contributed by atoms with Crippen molar-refractivity contribution >= 4 is 17.0 Å². The monoisotopic (exact) mass is 264 g/mol. The van der Waals surface area contributed by atoms with Gasteiger partial charge in [-0.15, -0.1) is 11.3 Å². The third-order valence-corrected chi connectivity index (χ3v) is 3.47. The van der Waals surface area contributed by atoms with Gasteiger partial charge in [-0.3, -0.25) is 0 Å². The van der Waals surface area contributed by atoms with E-state index in [0.29, 0.717) is 6.54 Å². The van der Waals surface area contributed by atoms with Crippen LogP contribution in [-0.2, 0) is 6.54 Å². The van der Waals surface area contributed by atoms with Gasteiger partial charge < -0.3 is 14.8 Å². The Balaban J connectivity index is 2.11. The van der Waals surface area contributed by atoms with Gasteiger partial charge in [-0.05, 0) is 19.1 Å². The molecular weight excluding hydrogens is 248 g/mol. The van der Waals surface area contributed by atoms with Crippen LogP contribution in [0.1, 0.15) is 10.7 Å². The molecule has 0 aliphatic rings. The zero-order chi connectivity index (χ0) is 13.0. The maximum Gasteiger partial charge on any atom is 0.142 e. The molecule has 5 heteroatoms. The first-order chi connectivity index (χ1) is 8.72. The summed E-state index contributed by atoms with van der Waals surface area (Å²) in [6.45, 7) is 2.67. The average Bonchev–Trinajstić information content (AvgIpc) is 2.81. The minimum Gasteiger partial charge on any atom is -0.497 e. The molecule has 1 aromatic heterocycles. The molecule has 0 unspecified atom stereocenters. The minimum atomic E-state index is 0.683. The van der Waals surface area contributed by atoms with Crippen LogP contribution in [0.3, 0.4) is 0 Å². The predicted octanol–water partition coefficient (Wildman–Crippen LogP) is 3.08. The Morgan fingerprint density at radius 3 is 2.72 bits per heavy atom. The van der Waals surface area contributed by atoms with Crippen LogP contribution in [0.25, 0.3) is 0 Å². The number of rotatable bonds is 5. The lowest BCUT2D eigenvalue weighted by molar-refractivity contribution is 0.404. The number of aromatic nitrogens is 1. The maximum absolute atomic E-state index is 5.30. The molecule has 2 aromatic rings. The Labute approximate surface area is 111 Å². The third-order valence-electron chi connectivity index (χ3n) is 2.50. The molecule has 0 saturated carbocycles. The van der Waals surface area contributed by atoms with E-state index in [4.69, 9.17) is 9.47 Å². The van der Waals surface area contributed by atoms with Crippen LogP contribution in [0.4, 0.5) is 5.69 Å². The second kappa shape index (κ2) is 5.73. The zero-order valence-electron chi connectivity index (χ0n) is 10.7. The third kappa shape index (κ3) is 2.92. The van der Waals surface area contributed by atoms with Crippen molar-refractivity contribution < 1.29 is 9.47 Å². The SMILES string of the molecule is COc1ccc(OC)c(NCc2nc(C)cs2)c1. The summed E-state index contributed by atoms with van der Waals surface area (Å²) >= 11 is 1.65. The van der Waals surface area contributed by atoms with Crippen molar-refractivity contribution in [3.8, 4) is 11.5 Å². The summed E-state index contributed by atoms with van der Waals surface area (Å²) in [6.07, 6.45) is 0. The normalized spacial score (nSPS) is 10.2. The van der Waals surface area contributed by atoms with Crippen LogP contribution >= 0.6 is 11.3 Å². The zero-order valence-corrected chi connectivity index (χ0v) is 11.5. The molecule has 0 aliphatic carbocycles. The number of ether oxygens (including phenoxy) is 2. The van der Waals surface area contributed by atoms with Gasteiger partial charge in [0.15, 0.2) is 0 Å². The van der Waals surface area contributed by atoms with Crippen molar-refractivity contribution in [1.29, 1.82) is 0 Å². The van der Waals surface area contributed by atoms with Crippen LogP contribution in [0.5, 0.6) is 11.5 Å². The molecule has 0 bridgehead atoms. The molecule has 0 radical (unpaired) electrons. The predicted molar refractivity (Wildman–Crippen MR) is 73.7 cm³/mol. The topological polar surface area (TPSA) is 43.4 Å². The Kier molecular flexibility index (Phi) is 4.04. The number of methoxy groups -OCH3 is 2. The van der Waals surface area contributed by atoms with E-state index in [1.807, 2.05) is 30.5 Å². The van der Waals surface area contributed by atoms with Crippen molar-refractivity contribution in [2.75, 3.05) is 19.5 Å². The van der Waals surface area contributed by atoms with Crippen molar-refractivity contribution in [2.45, 2.75) is 13.5 Å². The summed E-state index contributed by atoms with van der Waals surface area (Å²) in [7, 11) is 3.30. The Hall–Kier alpha value is -1.75. The van der Waals surface area contributed by atoms with E-state index in [9.17, 15) is 0 Å². The fourth-order valence-corrected chi connectivity index (χ4v) is 2.32. The number of benzene rings is 1. The molecule has 1 heterocycles. The van der Waals surface area contributed by atoms with Crippen LogP contribution in [0.2, 0.25) is 0 Å².